The smallest absolute Gasteiger partial charge is 0.211 e. The van der Waals surface area contributed by atoms with Crippen LogP contribution >= 0.6 is 0 Å². The van der Waals surface area contributed by atoms with Gasteiger partial charge >= 0.3 is 0 Å². The van der Waals surface area contributed by atoms with E-state index in [1.54, 1.807) is 0 Å². The van der Waals surface area contributed by atoms with Crippen molar-refractivity contribution in [1.82, 2.24) is 4.72 Å². The fourth-order valence-electron chi connectivity index (χ4n) is 0.841. The van der Waals surface area contributed by atoms with Crippen molar-refractivity contribution in [2.24, 2.45) is 0 Å². The molecule has 53 valence electrons. The molecule has 1 aliphatic rings. The molecule has 0 atom stereocenters. The van der Waals surface area contributed by atoms with Crippen molar-refractivity contribution in [2.45, 2.75) is 19.3 Å². The van der Waals surface area contributed by atoms with Crippen molar-refractivity contribution in [1.29, 1.82) is 0 Å². The minimum atomic E-state index is -2.99. The summed E-state index contributed by atoms with van der Waals surface area (Å²) < 4.78 is 24.9. The Morgan fingerprint density at radius 2 is 1.89 bits per heavy atom. The average Bonchev–Trinajstić information content (AvgIpc) is 1.92. The highest BCUT2D eigenvalue weighted by atomic mass is 32.2. The quantitative estimate of drug-likeness (QED) is 0.489. The third-order valence-electron chi connectivity index (χ3n) is 1.35. The molecular formula is C5H10NO2S. The van der Waals surface area contributed by atoms with E-state index in [1.807, 2.05) is 0 Å². The van der Waals surface area contributed by atoms with E-state index in [9.17, 15) is 8.42 Å². The first-order chi connectivity index (χ1) is 4.21. The highest BCUT2D eigenvalue weighted by Crippen LogP contribution is 2.03. The van der Waals surface area contributed by atoms with Crippen LogP contribution in [0.5, 0.6) is 0 Å². The summed E-state index contributed by atoms with van der Waals surface area (Å²) in [4.78, 5) is 0. The predicted octanol–water partition coefficient (Wildman–Crippen LogP) is 0.105. The topological polar surface area (TPSA) is 48.2 Å². The van der Waals surface area contributed by atoms with Crippen LogP contribution in [0.3, 0.4) is 0 Å². The molecule has 3 nitrogen and oxygen atoms in total. The Kier molecular flexibility index (Phi) is 2.08. The number of sulfonamides is 1. The number of hydrogen-bond donors (Lipinski definition) is 0. The number of rotatable bonds is 0. The summed E-state index contributed by atoms with van der Waals surface area (Å²) in [6.45, 7) is 0.502. The largest absolute Gasteiger partial charge is 0.227 e. The van der Waals surface area contributed by atoms with Crippen LogP contribution in [0.25, 0.3) is 0 Å². The molecule has 0 saturated carbocycles. The fourth-order valence-corrected chi connectivity index (χ4v) is 1.95. The lowest BCUT2D eigenvalue weighted by molar-refractivity contribution is 0.584. The van der Waals surface area contributed by atoms with Crippen LogP contribution in [0, 0.1) is 0 Å². The van der Waals surface area contributed by atoms with Gasteiger partial charge in [-0.25, -0.2) is 8.42 Å². The van der Waals surface area contributed by atoms with Crippen LogP contribution in [0.15, 0.2) is 0 Å². The van der Waals surface area contributed by atoms with Gasteiger partial charge in [-0.1, -0.05) is 6.42 Å². The van der Waals surface area contributed by atoms with E-state index < -0.39 is 10.0 Å². The Hall–Kier alpha value is -0.0900. The maximum Gasteiger partial charge on any atom is 0.227 e. The molecule has 1 heterocycles. The van der Waals surface area contributed by atoms with Gasteiger partial charge in [-0.15, -0.1) is 4.72 Å². The summed E-state index contributed by atoms with van der Waals surface area (Å²) in [6, 6.07) is 0. The Morgan fingerprint density at radius 1 is 1.11 bits per heavy atom. The normalized spacial score (nSPS) is 27.1. The van der Waals surface area contributed by atoms with Crippen molar-refractivity contribution in [3.05, 3.63) is 0 Å². The van der Waals surface area contributed by atoms with E-state index in [4.69, 9.17) is 0 Å². The minimum absolute atomic E-state index is 0.257. The molecule has 0 bridgehead atoms. The summed E-state index contributed by atoms with van der Waals surface area (Å²) in [5.74, 6) is 0.257. The van der Waals surface area contributed by atoms with E-state index in [-0.39, 0.29) is 5.75 Å². The minimum Gasteiger partial charge on any atom is -0.211 e. The lowest BCUT2D eigenvalue weighted by Crippen LogP contribution is -2.17. The van der Waals surface area contributed by atoms with Crippen LogP contribution in [-0.2, 0) is 10.0 Å². The SMILES string of the molecule is O=S1(=O)CCCCC[N]1. The van der Waals surface area contributed by atoms with Gasteiger partial charge in [-0.05, 0) is 12.8 Å². The molecule has 0 aromatic carbocycles. The highest BCUT2D eigenvalue weighted by molar-refractivity contribution is 7.89. The van der Waals surface area contributed by atoms with Crippen molar-refractivity contribution in [2.75, 3.05) is 12.3 Å². The fraction of sp³-hybridized carbons (Fsp3) is 1.00. The third-order valence-corrected chi connectivity index (χ3v) is 2.73. The van der Waals surface area contributed by atoms with Gasteiger partial charge in [0.25, 0.3) is 0 Å². The van der Waals surface area contributed by atoms with E-state index in [0.717, 1.165) is 19.3 Å². The molecule has 4 heteroatoms. The predicted molar refractivity (Wildman–Crippen MR) is 34.6 cm³/mol. The molecule has 0 amide bonds. The third kappa shape index (κ3) is 2.32. The molecule has 1 fully saturated rings. The Bertz CT molecular complexity index is 159. The molecule has 0 aromatic heterocycles. The van der Waals surface area contributed by atoms with E-state index in [0.29, 0.717) is 6.54 Å². The summed E-state index contributed by atoms with van der Waals surface area (Å²) >= 11 is 0. The molecule has 0 aliphatic carbocycles. The molecule has 0 spiro atoms. The monoisotopic (exact) mass is 148 g/mol. The molecule has 0 unspecified atom stereocenters. The summed E-state index contributed by atoms with van der Waals surface area (Å²) in [5.41, 5.74) is 0. The second-order valence-electron chi connectivity index (χ2n) is 2.20. The second-order valence-corrected chi connectivity index (χ2v) is 4.03. The molecular weight excluding hydrogens is 138 g/mol. The first-order valence-corrected chi connectivity index (χ1v) is 4.73. The van der Waals surface area contributed by atoms with Crippen LogP contribution in [0.4, 0.5) is 0 Å². The Balaban J connectivity index is 2.56. The van der Waals surface area contributed by atoms with Crippen molar-refractivity contribution in [3.63, 3.8) is 0 Å². The van der Waals surface area contributed by atoms with Crippen molar-refractivity contribution < 1.29 is 8.42 Å². The lowest BCUT2D eigenvalue weighted by atomic mass is 10.3. The van der Waals surface area contributed by atoms with E-state index in [2.05, 4.69) is 4.72 Å². The summed E-state index contributed by atoms with van der Waals surface area (Å²) in [5, 5.41) is 0. The van der Waals surface area contributed by atoms with Gasteiger partial charge in [0.2, 0.25) is 10.0 Å². The van der Waals surface area contributed by atoms with Gasteiger partial charge in [-0.2, -0.15) is 0 Å². The molecule has 1 radical (unpaired) electrons. The van der Waals surface area contributed by atoms with Crippen LogP contribution in [0.1, 0.15) is 19.3 Å². The van der Waals surface area contributed by atoms with Gasteiger partial charge < -0.3 is 0 Å². The summed E-state index contributed by atoms with van der Waals surface area (Å²) in [6.07, 6.45) is 2.72. The average molecular weight is 148 g/mol. The maximum absolute atomic E-state index is 10.7. The number of hydrogen-bond acceptors (Lipinski definition) is 2. The highest BCUT2D eigenvalue weighted by Gasteiger charge is 2.13. The van der Waals surface area contributed by atoms with Gasteiger partial charge in [-0.3, -0.25) is 0 Å². The van der Waals surface area contributed by atoms with Gasteiger partial charge in [0.05, 0.1) is 5.75 Å². The van der Waals surface area contributed by atoms with Crippen molar-refractivity contribution in [3.8, 4) is 0 Å². The number of nitrogens with zero attached hydrogens (tertiary/aromatic N) is 1. The Morgan fingerprint density at radius 3 is 2.67 bits per heavy atom. The van der Waals surface area contributed by atoms with E-state index in [1.165, 1.54) is 0 Å². The van der Waals surface area contributed by atoms with Crippen LogP contribution in [-0.4, -0.2) is 20.7 Å². The molecule has 0 N–H and O–H groups in total. The lowest BCUT2D eigenvalue weighted by Gasteiger charge is -1.93. The molecule has 9 heavy (non-hydrogen) atoms. The van der Waals surface area contributed by atoms with Crippen molar-refractivity contribution >= 4 is 10.0 Å². The van der Waals surface area contributed by atoms with Gasteiger partial charge in [0, 0.05) is 6.54 Å². The zero-order valence-corrected chi connectivity index (χ0v) is 6.02. The second kappa shape index (κ2) is 2.66. The molecule has 1 aliphatic heterocycles. The van der Waals surface area contributed by atoms with Gasteiger partial charge in [0.1, 0.15) is 0 Å². The van der Waals surface area contributed by atoms with Gasteiger partial charge in [0.15, 0.2) is 0 Å². The standard InChI is InChI=1S/C5H10NO2S/c7-9(8)5-3-1-2-4-6-9/h1-5H2. The zero-order chi connectivity index (χ0) is 6.74. The van der Waals surface area contributed by atoms with Crippen LogP contribution < -0.4 is 4.72 Å². The zero-order valence-electron chi connectivity index (χ0n) is 5.21. The maximum atomic E-state index is 10.7. The van der Waals surface area contributed by atoms with E-state index >= 15 is 0 Å². The molecule has 1 rings (SSSR count). The molecule has 1 saturated heterocycles. The Labute approximate surface area is 55.5 Å². The molecule has 0 aromatic rings. The first-order valence-electron chi connectivity index (χ1n) is 3.12. The van der Waals surface area contributed by atoms with Crippen LogP contribution in [0.2, 0.25) is 0 Å². The first kappa shape index (κ1) is 7.02. The summed E-state index contributed by atoms with van der Waals surface area (Å²) in [7, 11) is -2.99.